The van der Waals surface area contributed by atoms with Crippen LogP contribution in [-0.4, -0.2) is 36.2 Å². The van der Waals surface area contributed by atoms with E-state index in [0.717, 1.165) is 24.0 Å². The predicted molar refractivity (Wildman–Crippen MR) is 82.2 cm³/mol. The first-order valence-electron chi connectivity index (χ1n) is 7.67. The minimum atomic E-state index is 0.473. The Bertz CT molecular complexity index is 418. The first-order chi connectivity index (χ1) is 9.74. The molecular formula is C15H26N4O. The van der Waals surface area contributed by atoms with E-state index in [1.807, 2.05) is 13.0 Å². The molecule has 0 bridgehead atoms. The number of hydrogen-bond acceptors (Lipinski definition) is 5. The lowest BCUT2D eigenvalue weighted by atomic mass is 10.2. The molecule has 5 nitrogen and oxygen atoms in total. The molecule has 1 aromatic rings. The van der Waals surface area contributed by atoms with Gasteiger partial charge in [-0.1, -0.05) is 12.8 Å². The number of nitrogens with zero attached hydrogens (tertiary/aromatic N) is 3. The van der Waals surface area contributed by atoms with Gasteiger partial charge in [0.15, 0.2) is 5.82 Å². The van der Waals surface area contributed by atoms with Crippen LogP contribution in [0.5, 0.6) is 0 Å². The highest BCUT2D eigenvalue weighted by Crippen LogP contribution is 2.27. The molecule has 0 amide bonds. The molecule has 1 N–H and O–H groups in total. The van der Waals surface area contributed by atoms with Crippen molar-refractivity contribution in [3.05, 3.63) is 11.9 Å². The van der Waals surface area contributed by atoms with Gasteiger partial charge in [0.05, 0.1) is 0 Å². The van der Waals surface area contributed by atoms with Gasteiger partial charge < -0.3 is 15.0 Å². The third-order valence-corrected chi connectivity index (χ3v) is 3.79. The third-order valence-electron chi connectivity index (χ3n) is 3.79. The Morgan fingerprint density at radius 1 is 1.30 bits per heavy atom. The highest BCUT2D eigenvalue weighted by atomic mass is 16.5. The smallest absolute Gasteiger partial charge is 0.158 e. The first-order valence-corrected chi connectivity index (χ1v) is 7.67. The number of rotatable bonds is 7. The van der Waals surface area contributed by atoms with Gasteiger partial charge >= 0.3 is 0 Å². The molecular weight excluding hydrogens is 252 g/mol. The summed E-state index contributed by atoms with van der Waals surface area (Å²) in [6.07, 6.45) is 5.17. The summed E-state index contributed by atoms with van der Waals surface area (Å²) >= 11 is 0. The van der Waals surface area contributed by atoms with Gasteiger partial charge in [0.2, 0.25) is 0 Å². The van der Waals surface area contributed by atoms with Gasteiger partial charge in [-0.25, -0.2) is 9.97 Å². The zero-order valence-electron chi connectivity index (χ0n) is 12.9. The Morgan fingerprint density at radius 2 is 2.05 bits per heavy atom. The minimum absolute atomic E-state index is 0.473. The number of hydrogen-bond donors (Lipinski definition) is 1. The predicted octanol–water partition coefficient (Wildman–Crippen LogP) is 2.82. The van der Waals surface area contributed by atoms with Crippen LogP contribution in [0.1, 0.15) is 45.4 Å². The van der Waals surface area contributed by atoms with E-state index >= 15 is 0 Å². The Balaban J connectivity index is 2.18. The largest absolute Gasteiger partial charge is 0.374 e. The maximum Gasteiger partial charge on any atom is 0.158 e. The van der Waals surface area contributed by atoms with Gasteiger partial charge in [0.25, 0.3) is 0 Å². The number of ether oxygens (including phenoxy) is 1. The quantitative estimate of drug-likeness (QED) is 0.831. The van der Waals surface area contributed by atoms with Crippen molar-refractivity contribution < 1.29 is 4.74 Å². The van der Waals surface area contributed by atoms with Crippen molar-refractivity contribution >= 4 is 11.6 Å². The summed E-state index contributed by atoms with van der Waals surface area (Å²) in [5.41, 5.74) is 0. The molecule has 20 heavy (non-hydrogen) atoms. The molecule has 1 heterocycles. The molecule has 1 fully saturated rings. The molecule has 0 spiro atoms. The topological polar surface area (TPSA) is 50.3 Å². The Kier molecular flexibility index (Phi) is 5.59. The van der Waals surface area contributed by atoms with Gasteiger partial charge in [-0.05, 0) is 26.7 Å². The third kappa shape index (κ3) is 3.82. The van der Waals surface area contributed by atoms with Crippen LogP contribution in [0.25, 0.3) is 0 Å². The van der Waals surface area contributed by atoms with Crippen LogP contribution in [0.2, 0.25) is 0 Å². The molecule has 5 heteroatoms. The van der Waals surface area contributed by atoms with Gasteiger partial charge in [0.1, 0.15) is 18.2 Å². The van der Waals surface area contributed by atoms with E-state index in [9.17, 15) is 0 Å². The fourth-order valence-corrected chi connectivity index (χ4v) is 2.67. The summed E-state index contributed by atoms with van der Waals surface area (Å²) in [6.45, 7) is 6.08. The van der Waals surface area contributed by atoms with Crippen LogP contribution in [0.4, 0.5) is 11.6 Å². The molecule has 1 aliphatic carbocycles. The van der Waals surface area contributed by atoms with E-state index in [0.29, 0.717) is 19.3 Å². The van der Waals surface area contributed by atoms with Gasteiger partial charge in [-0.15, -0.1) is 0 Å². The van der Waals surface area contributed by atoms with Crippen LogP contribution >= 0.6 is 0 Å². The van der Waals surface area contributed by atoms with Crippen molar-refractivity contribution in [2.75, 3.05) is 30.4 Å². The van der Waals surface area contributed by atoms with E-state index < -0.39 is 0 Å². The lowest BCUT2D eigenvalue weighted by molar-refractivity contribution is 0.128. The average Bonchev–Trinajstić information content (AvgIpc) is 2.98. The second-order valence-corrected chi connectivity index (χ2v) is 5.24. The van der Waals surface area contributed by atoms with Crippen LogP contribution in [0, 0.1) is 0 Å². The molecule has 1 saturated carbocycles. The Labute approximate surface area is 121 Å². The van der Waals surface area contributed by atoms with E-state index in [2.05, 4.69) is 34.2 Å². The molecule has 0 atom stereocenters. The molecule has 112 valence electrons. The van der Waals surface area contributed by atoms with Crippen molar-refractivity contribution in [2.45, 2.75) is 52.2 Å². The van der Waals surface area contributed by atoms with Crippen molar-refractivity contribution in [3.63, 3.8) is 0 Å². The van der Waals surface area contributed by atoms with E-state index in [-0.39, 0.29) is 0 Å². The molecule has 1 aliphatic rings. The van der Waals surface area contributed by atoms with Crippen molar-refractivity contribution in [1.29, 1.82) is 0 Å². The lowest BCUT2D eigenvalue weighted by Crippen LogP contribution is -2.30. The summed E-state index contributed by atoms with van der Waals surface area (Å²) in [5, 5.41) is 3.28. The second kappa shape index (κ2) is 7.43. The zero-order chi connectivity index (χ0) is 14.4. The fraction of sp³-hybridized carbons (Fsp3) is 0.733. The molecule has 0 aromatic carbocycles. The standard InChI is InChI=1S/C15H26N4O/c1-4-16-13-10-15(18-14(17-13)11-20-5-2)19(3)12-8-6-7-9-12/h10,12H,4-9,11H2,1-3H3,(H,16,17,18). The highest BCUT2D eigenvalue weighted by molar-refractivity contribution is 5.49. The van der Waals surface area contributed by atoms with Crippen LogP contribution in [0.3, 0.4) is 0 Å². The molecule has 0 radical (unpaired) electrons. The van der Waals surface area contributed by atoms with Crippen LogP contribution < -0.4 is 10.2 Å². The highest BCUT2D eigenvalue weighted by Gasteiger charge is 2.21. The Hall–Kier alpha value is -1.36. The number of anilines is 2. The SMILES string of the molecule is CCNc1cc(N(C)C2CCCC2)nc(COCC)n1. The summed E-state index contributed by atoms with van der Waals surface area (Å²) in [5.74, 6) is 2.64. The van der Waals surface area contributed by atoms with Gasteiger partial charge in [0, 0.05) is 32.3 Å². The maximum absolute atomic E-state index is 5.44. The van der Waals surface area contributed by atoms with Crippen LogP contribution in [0.15, 0.2) is 6.07 Å². The summed E-state index contributed by atoms with van der Waals surface area (Å²) < 4.78 is 5.44. The lowest BCUT2D eigenvalue weighted by Gasteiger charge is -2.26. The minimum Gasteiger partial charge on any atom is -0.374 e. The Morgan fingerprint density at radius 3 is 2.70 bits per heavy atom. The van der Waals surface area contributed by atoms with E-state index in [1.54, 1.807) is 0 Å². The summed E-state index contributed by atoms with van der Waals surface area (Å²) in [4.78, 5) is 11.4. The number of aromatic nitrogens is 2. The monoisotopic (exact) mass is 278 g/mol. The fourth-order valence-electron chi connectivity index (χ4n) is 2.67. The van der Waals surface area contributed by atoms with E-state index in [1.165, 1.54) is 25.7 Å². The zero-order valence-corrected chi connectivity index (χ0v) is 12.9. The molecule has 0 unspecified atom stereocenters. The molecule has 2 rings (SSSR count). The van der Waals surface area contributed by atoms with Crippen molar-refractivity contribution in [3.8, 4) is 0 Å². The van der Waals surface area contributed by atoms with Gasteiger partial charge in [-0.3, -0.25) is 0 Å². The summed E-state index contributed by atoms with van der Waals surface area (Å²) in [6, 6.07) is 2.65. The van der Waals surface area contributed by atoms with Crippen molar-refractivity contribution in [2.24, 2.45) is 0 Å². The maximum atomic E-state index is 5.44. The second-order valence-electron chi connectivity index (χ2n) is 5.24. The van der Waals surface area contributed by atoms with Crippen molar-refractivity contribution in [1.82, 2.24) is 9.97 Å². The normalized spacial score (nSPS) is 15.6. The average molecular weight is 278 g/mol. The number of nitrogens with one attached hydrogen (secondary N) is 1. The van der Waals surface area contributed by atoms with Gasteiger partial charge in [-0.2, -0.15) is 0 Å². The van der Waals surface area contributed by atoms with Crippen LogP contribution in [-0.2, 0) is 11.3 Å². The molecule has 0 aliphatic heterocycles. The van der Waals surface area contributed by atoms with E-state index in [4.69, 9.17) is 4.74 Å². The first kappa shape index (κ1) is 15.0. The summed E-state index contributed by atoms with van der Waals surface area (Å²) in [7, 11) is 2.14. The molecule has 1 aromatic heterocycles. The molecule has 0 saturated heterocycles.